The summed E-state index contributed by atoms with van der Waals surface area (Å²) in [5.41, 5.74) is -0.118. The number of likely N-dealkylation sites (N-methyl/N-ethyl adjacent to an activating group) is 1. The molecule has 1 aromatic rings. The van der Waals surface area contributed by atoms with Crippen LogP contribution in [-0.4, -0.2) is 42.4 Å². The lowest BCUT2D eigenvalue weighted by atomic mass is 10.1. The maximum Gasteiger partial charge on any atom is 0.412 e. The third-order valence-electron chi connectivity index (χ3n) is 2.58. The summed E-state index contributed by atoms with van der Waals surface area (Å²) in [5.74, 6) is 0. The van der Waals surface area contributed by atoms with Gasteiger partial charge in [-0.15, -0.1) is 0 Å². The largest absolute Gasteiger partial charge is 0.412 e. The van der Waals surface area contributed by atoms with Crippen molar-refractivity contribution in [3.8, 4) is 0 Å². The Morgan fingerprint density at radius 3 is 2.40 bits per heavy atom. The van der Waals surface area contributed by atoms with Crippen molar-refractivity contribution in [1.82, 2.24) is 10.2 Å². The number of hydrogen-bond donors (Lipinski definition) is 2. The van der Waals surface area contributed by atoms with E-state index in [9.17, 15) is 18.0 Å². The highest BCUT2D eigenvalue weighted by molar-refractivity contribution is 6.30. The molecule has 2 amide bonds. The molecule has 20 heavy (non-hydrogen) atoms. The number of rotatable bonds is 4. The second-order valence-electron chi connectivity index (χ2n) is 4.12. The van der Waals surface area contributed by atoms with E-state index in [0.717, 1.165) is 4.90 Å². The van der Waals surface area contributed by atoms with E-state index in [4.69, 9.17) is 16.7 Å². The number of benzene rings is 1. The third-order valence-corrected chi connectivity index (χ3v) is 2.83. The minimum absolute atomic E-state index is 0.0585. The number of urea groups is 1. The van der Waals surface area contributed by atoms with Crippen LogP contribution in [0.25, 0.3) is 0 Å². The molecule has 0 fully saturated rings. The van der Waals surface area contributed by atoms with E-state index in [1.165, 1.54) is 31.3 Å². The fourth-order valence-corrected chi connectivity index (χ4v) is 1.62. The SMILES string of the molecule is CN(CCO)C(=O)N[C@H](c1ccc(Cl)cc1)C(F)(F)F. The number of nitrogens with one attached hydrogen (secondary N) is 1. The summed E-state index contributed by atoms with van der Waals surface area (Å²) < 4.78 is 39.0. The molecular weight excluding hydrogens is 297 g/mol. The molecule has 0 radical (unpaired) electrons. The Kier molecular flexibility index (Phi) is 5.64. The molecule has 0 aromatic heterocycles. The number of nitrogens with zero attached hydrogens (tertiary/aromatic N) is 1. The van der Waals surface area contributed by atoms with Gasteiger partial charge >= 0.3 is 12.2 Å². The maximum absolute atomic E-state index is 13.0. The molecule has 0 saturated carbocycles. The van der Waals surface area contributed by atoms with Crippen LogP contribution in [-0.2, 0) is 0 Å². The Hall–Kier alpha value is -1.47. The van der Waals surface area contributed by atoms with Crippen LogP contribution in [0.5, 0.6) is 0 Å². The molecule has 0 unspecified atom stereocenters. The van der Waals surface area contributed by atoms with Crippen LogP contribution in [0.2, 0.25) is 5.02 Å². The van der Waals surface area contributed by atoms with Crippen molar-refractivity contribution in [2.75, 3.05) is 20.2 Å². The zero-order chi connectivity index (χ0) is 15.3. The number of aliphatic hydroxyl groups excluding tert-OH is 1. The van der Waals surface area contributed by atoms with E-state index in [1.807, 2.05) is 5.32 Å². The van der Waals surface area contributed by atoms with Crippen molar-refractivity contribution in [2.45, 2.75) is 12.2 Å². The Morgan fingerprint density at radius 1 is 1.40 bits per heavy atom. The lowest BCUT2D eigenvalue weighted by Crippen LogP contribution is -2.45. The average Bonchev–Trinajstić information content (AvgIpc) is 2.36. The second kappa shape index (κ2) is 6.81. The summed E-state index contributed by atoms with van der Waals surface area (Å²) >= 11 is 5.62. The van der Waals surface area contributed by atoms with E-state index in [2.05, 4.69) is 0 Å². The van der Waals surface area contributed by atoms with Gasteiger partial charge in [0.1, 0.15) is 0 Å². The van der Waals surface area contributed by atoms with Crippen LogP contribution >= 0.6 is 11.6 Å². The summed E-state index contributed by atoms with van der Waals surface area (Å²) in [4.78, 5) is 12.6. The number of aliphatic hydroxyl groups is 1. The average molecular weight is 311 g/mol. The van der Waals surface area contributed by atoms with Crippen molar-refractivity contribution in [3.05, 3.63) is 34.9 Å². The first-order valence-corrected chi connectivity index (χ1v) is 6.08. The minimum Gasteiger partial charge on any atom is -0.395 e. The van der Waals surface area contributed by atoms with E-state index in [-0.39, 0.29) is 18.7 Å². The van der Waals surface area contributed by atoms with Gasteiger partial charge in [0.25, 0.3) is 0 Å². The molecule has 0 aliphatic rings. The standard InChI is InChI=1S/C12H14ClF3N2O2/c1-18(6-7-19)11(20)17-10(12(14,15)16)8-2-4-9(13)5-3-8/h2-5,10,19H,6-7H2,1H3,(H,17,20)/t10-/m1/s1. The van der Waals surface area contributed by atoms with Gasteiger partial charge in [-0.2, -0.15) is 13.2 Å². The van der Waals surface area contributed by atoms with Gasteiger partial charge in [0, 0.05) is 18.6 Å². The van der Waals surface area contributed by atoms with Gasteiger partial charge in [-0.25, -0.2) is 4.79 Å². The van der Waals surface area contributed by atoms with Gasteiger partial charge < -0.3 is 15.3 Å². The van der Waals surface area contributed by atoms with Gasteiger partial charge in [-0.3, -0.25) is 0 Å². The highest BCUT2D eigenvalue weighted by atomic mass is 35.5. The maximum atomic E-state index is 13.0. The predicted molar refractivity (Wildman–Crippen MR) is 68.5 cm³/mol. The van der Waals surface area contributed by atoms with Crippen molar-refractivity contribution >= 4 is 17.6 Å². The number of amides is 2. The molecule has 0 aliphatic heterocycles. The molecule has 1 rings (SSSR count). The Labute approximate surface area is 119 Å². The molecule has 0 bridgehead atoms. The lowest BCUT2D eigenvalue weighted by molar-refractivity contribution is -0.155. The first kappa shape index (κ1) is 16.6. The van der Waals surface area contributed by atoms with Crippen molar-refractivity contribution in [3.63, 3.8) is 0 Å². The molecule has 8 heteroatoms. The van der Waals surface area contributed by atoms with Gasteiger partial charge in [0.15, 0.2) is 6.04 Å². The van der Waals surface area contributed by atoms with Crippen molar-refractivity contribution in [1.29, 1.82) is 0 Å². The summed E-state index contributed by atoms with van der Waals surface area (Å²) in [5, 5.41) is 10.9. The van der Waals surface area contributed by atoms with Gasteiger partial charge in [0.05, 0.1) is 6.61 Å². The molecule has 1 atom stereocenters. The van der Waals surface area contributed by atoms with E-state index in [1.54, 1.807) is 0 Å². The van der Waals surface area contributed by atoms with Crippen LogP contribution in [0.1, 0.15) is 11.6 Å². The summed E-state index contributed by atoms with van der Waals surface area (Å²) in [6, 6.07) is 1.99. The summed E-state index contributed by atoms with van der Waals surface area (Å²) in [7, 11) is 1.29. The topological polar surface area (TPSA) is 52.6 Å². The van der Waals surface area contributed by atoms with E-state index in [0.29, 0.717) is 5.02 Å². The molecule has 1 aromatic carbocycles. The van der Waals surface area contributed by atoms with Crippen LogP contribution in [0.4, 0.5) is 18.0 Å². The Bertz CT molecular complexity index is 451. The summed E-state index contributed by atoms with van der Waals surface area (Å²) in [6.07, 6.45) is -4.64. The first-order chi connectivity index (χ1) is 9.25. The molecule has 0 heterocycles. The highest BCUT2D eigenvalue weighted by Crippen LogP contribution is 2.33. The lowest BCUT2D eigenvalue weighted by Gasteiger charge is -2.25. The molecule has 0 aliphatic carbocycles. The molecule has 112 valence electrons. The van der Waals surface area contributed by atoms with Crippen LogP contribution in [0, 0.1) is 0 Å². The second-order valence-corrected chi connectivity index (χ2v) is 4.56. The van der Waals surface area contributed by atoms with Gasteiger partial charge in [-0.05, 0) is 17.7 Å². The van der Waals surface area contributed by atoms with Crippen molar-refractivity contribution in [2.24, 2.45) is 0 Å². The van der Waals surface area contributed by atoms with Crippen LogP contribution < -0.4 is 5.32 Å². The molecule has 0 spiro atoms. The summed E-state index contributed by atoms with van der Waals surface area (Å²) in [6.45, 7) is -0.390. The van der Waals surface area contributed by atoms with Crippen molar-refractivity contribution < 1.29 is 23.1 Å². The molecule has 0 saturated heterocycles. The highest BCUT2D eigenvalue weighted by Gasteiger charge is 2.42. The predicted octanol–water partition coefficient (Wildman–Crippen LogP) is 2.58. The van der Waals surface area contributed by atoms with Crippen LogP contribution in [0.3, 0.4) is 0 Å². The van der Waals surface area contributed by atoms with E-state index >= 15 is 0 Å². The number of halogens is 4. The molecule has 2 N–H and O–H groups in total. The van der Waals surface area contributed by atoms with Gasteiger partial charge in [-0.1, -0.05) is 23.7 Å². The quantitative estimate of drug-likeness (QED) is 0.898. The van der Waals surface area contributed by atoms with Crippen LogP contribution in [0.15, 0.2) is 24.3 Å². The Balaban J connectivity index is 2.91. The zero-order valence-corrected chi connectivity index (χ0v) is 11.4. The number of carbonyl (C=O) groups excluding carboxylic acids is 1. The number of alkyl halides is 3. The van der Waals surface area contributed by atoms with Gasteiger partial charge in [0.2, 0.25) is 0 Å². The Morgan fingerprint density at radius 2 is 1.95 bits per heavy atom. The first-order valence-electron chi connectivity index (χ1n) is 5.70. The number of carbonyl (C=O) groups is 1. The fraction of sp³-hybridized carbons (Fsp3) is 0.417. The minimum atomic E-state index is -4.64. The zero-order valence-electron chi connectivity index (χ0n) is 10.6. The molecular formula is C12H14ClF3N2O2. The normalized spacial score (nSPS) is 12.9. The smallest absolute Gasteiger partial charge is 0.395 e. The third kappa shape index (κ3) is 4.57. The molecule has 4 nitrogen and oxygen atoms in total. The van der Waals surface area contributed by atoms with E-state index < -0.39 is 18.2 Å². The monoisotopic (exact) mass is 310 g/mol. The fourth-order valence-electron chi connectivity index (χ4n) is 1.49. The number of hydrogen-bond acceptors (Lipinski definition) is 2.